The molecule has 5 rings (SSSR count). The molecule has 0 fully saturated rings. The van der Waals surface area contributed by atoms with Crippen molar-refractivity contribution in [3.8, 4) is 0 Å². The Hall–Kier alpha value is -4.69. The Balaban J connectivity index is 1.45. The molecule has 38 heavy (non-hydrogen) atoms. The number of hydrogen-bond acceptors (Lipinski definition) is 6. The molecule has 0 aliphatic carbocycles. The third kappa shape index (κ3) is 5.35. The van der Waals surface area contributed by atoms with Crippen molar-refractivity contribution in [3.63, 3.8) is 0 Å². The Kier molecular flexibility index (Phi) is 7.33. The minimum Gasteiger partial charge on any atom is -0.462 e. The number of amides is 2. The fourth-order valence-corrected chi connectivity index (χ4v) is 4.93. The van der Waals surface area contributed by atoms with Crippen LogP contribution in [0.3, 0.4) is 0 Å². The molecule has 1 heterocycles. The van der Waals surface area contributed by atoms with Crippen LogP contribution in [-0.2, 0) is 4.74 Å². The second-order valence-electron chi connectivity index (χ2n) is 8.31. The predicted octanol–water partition coefficient (Wildman–Crippen LogP) is 5.57. The van der Waals surface area contributed by atoms with Crippen molar-refractivity contribution in [2.45, 2.75) is 16.7 Å². The molecule has 0 saturated carbocycles. The minimum absolute atomic E-state index is 0.306. The van der Waals surface area contributed by atoms with Gasteiger partial charge in [-0.1, -0.05) is 60.3 Å². The second-order valence-corrected chi connectivity index (χ2v) is 9.40. The molecule has 0 saturated heterocycles. The molecule has 0 unspecified atom stereocenters. The highest BCUT2D eigenvalue weighted by molar-refractivity contribution is 7.99. The maximum atomic E-state index is 12.9. The van der Waals surface area contributed by atoms with Gasteiger partial charge in [0, 0.05) is 32.0 Å². The van der Waals surface area contributed by atoms with Gasteiger partial charge in [0.2, 0.25) is 0 Å². The Morgan fingerprint density at radius 1 is 0.737 bits per heavy atom. The fraction of sp³-hybridized carbons (Fsp3) is 0.0667. The SMILES string of the molecule is CCOC(=O)c1ccc(C2=Nc3cc(C(=O)NNC(=O)c4ccccc4)ccc3Sc3ccccc32)cc1. The lowest BCUT2D eigenvalue weighted by molar-refractivity contribution is 0.0526. The van der Waals surface area contributed by atoms with Crippen LogP contribution in [0.1, 0.15) is 49.1 Å². The molecular weight excluding hydrogens is 498 g/mol. The highest BCUT2D eigenvalue weighted by Gasteiger charge is 2.20. The number of hydrogen-bond donors (Lipinski definition) is 2. The van der Waals surface area contributed by atoms with Crippen LogP contribution in [0.5, 0.6) is 0 Å². The van der Waals surface area contributed by atoms with E-state index in [0.29, 0.717) is 29.0 Å². The van der Waals surface area contributed by atoms with Gasteiger partial charge in [0.05, 0.1) is 23.6 Å². The third-order valence-corrected chi connectivity index (χ3v) is 6.95. The Bertz CT molecular complexity index is 1550. The van der Waals surface area contributed by atoms with E-state index in [0.717, 1.165) is 26.6 Å². The Labute approximate surface area is 223 Å². The largest absolute Gasteiger partial charge is 0.462 e. The van der Waals surface area contributed by atoms with Crippen molar-refractivity contribution < 1.29 is 19.1 Å². The van der Waals surface area contributed by atoms with Gasteiger partial charge in [-0.25, -0.2) is 9.79 Å². The van der Waals surface area contributed by atoms with E-state index < -0.39 is 11.8 Å². The van der Waals surface area contributed by atoms with Crippen molar-refractivity contribution >= 4 is 40.9 Å². The van der Waals surface area contributed by atoms with Crippen LogP contribution < -0.4 is 10.9 Å². The summed E-state index contributed by atoms with van der Waals surface area (Å²) < 4.78 is 5.09. The number of nitrogens with zero attached hydrogens (tertiary/aromatic N) is 1. The number of aliphatic imine (C=N–C) groups is 1. The molecule has 0 aromatic heterocycles. The number of rotatable bonds is 5. The summed E-state index contributed by atoms with van der Waals surface area (Å²) in [4.78, 5) is 44.1. The monoisotopic (exact) mass is 521 g/mol. The second kappa shape index (κ2) is 11.1. The Morgan fingerprint density at radius 2 is 1.39 bits per heavy atom. The van der Waals surface area contributed by atoms with E-state index in [1.54, 1.807) is 67.2 Å². The molecule has 0 bridgehead atoms. The van der Waals surface area contributed by atoms with Crippen LogP contribution >= 0.6 is 11.8 Å². The predicted molar refractivity (Wildman–Crippen MR) is 146 cm³/mol. The van der Waals surface area contributed by atoms with Gasteiger partial charge in [0.25, 0.3) is 11.8 Å². The first-order valence-electron chi connectivity index (χ1n) is 12.0. The van der Waals surface area contributed by atoms with E-state index in [-0.39, 0.29) is 5.97 Å². The summed E-state index contributed by atoms with van der Waals surface area (Å²) in [5.41, 5.74) is 9.27. The normalized spacial score (nSPS) is 11.8. The maximum Gasteiger partial charge on any atom is 0.338 e. The average Bonchev–Trinajstić information content (AvgIpc) is 3.13. The van der Waals surface area contributed by atoms with Crippen LogP contribution in [0.25, 0.3) is 0 Å². The number of carbonyl (C=O) groups excluding carboxylic acids is 3. The minimum atomic E-state index is -0.459. The van der Waals surface area contributed by atoms with Gasteiger partial charge in [-0.2, -0.15) is 0 Å². The first-order chi connectivity index (χ1) is 18.5. The molecule has 0 spiro atoms. The van der Waals surface area contributed by atoms with Crippen molar-refractivity contribution in [2.24, 2.45) is 4.99 Å². The lowest BCUT2D eigenvalue weighted by Gasteiger charge is -2.10. The fourth-order valence-electron chi connectivity index (χ4n) is 3.93. The molecule has 1 aliphatic rings. The standard InChI is InChI=1S/C30H23N3O4S/c1-2-37-30(36)21-14-12-19(13-15-21)27-23-10-6-7-11-25(23)38-26-17-16-22(18-24(26)31-27)29(35)33-32-28(34)20-8-4-3-5-9-20/h3-18H,2H2,1H3,(H,32,34)(H,33,35). The number of nitrogens with one attached hydrogen (secondary N) is 2. The third-order valence-electron chi connectivity index (χ3n) is 5.81. The van der Waals surface area contributed by atoms with Gasteiger partial charge in [0.1, 0.15) is 0 Å². The highest BCUT2D eigenvalue weighted by Crippen LogP contribution is 2.41. The van der Waals surface area contributed by atoms with E-state index in [2.05, 4.69) is 10.9 Å². The summed E-state index contributed by atoms with van der Waals surface area (Å²) in [6.45, 7) is 2.07. The van der Waals surface area contributed by atoms with E-state index in [4.69, 9.17) is 9.73 Å². The molecule has 4 aromatic carbocycles. The van der Waals surface area contributed by atoms with E-state index in [1.165, 1.54) is 0 Å². The summed E-state index contributed by atoms with van der Waals surface area (Å²) in [6.07, 6.45) is 0. The molecule has 0 radical (unpaired) electrons. The van der Waals surface area contributed by atoms with Crippen LogP contribution in [0.15, 0.2) is 112 Å². The van der Waals surface area contributed by atoms with Crippen molar-refractivity contribution in [1.29, 1.82) is 0 Å². The number of benzene rings is 4. The van der Waals surface area contributed by atoms with Crippen LogP contribution in [0, 0.1) is 0 Å². The van der Waals surface area contributed by atoms with E-state index in [9.17, 15) is 14.4 Å². The molecule has 2 N–H and O–H groups in total. The van der Waals surface area contributed by atoms with Crippen molar-refractivity contribution in [1.82, 2.24) is 10.9 Å². The van der Waals surface area contributed by atoms with Gasteiger partial charge in [-0.3, -0.25) is 20.4 Å². The van der Waals surface area contributed by atoms with Crippen LogP contribution in [0.4, 0.5) is 5.69 Å². The summed E-state index contributed by atoms with van der Waals surface area (Å²) >= 11 is 1.56. The van der Waals surface area contributed by atoms with Crippen molar-refractivity contribution in [2.75, 3.05) is 6.61 Å². The van der Waals surface area contributed by atoms with E-state index >= 15 is 0 Å². The van der Waals surface area contributed by atoms with Crippen molar-refractivity contribution in [3.05, 3.63) is 125 Å². The number of esters is 1. The summed E-state index contributed by atoms with van der Waals surface area (Å²) in [6, 6.07) is 28.9. The lowest BCUT2D eigenvalue weighted by Crippen LogP contribution is -2.41. The number of ether oxygens (including phenoxy) is 1. The van der Waals surface area contributed by atoms with Gasteiger partial charge in [-0.15, -0.1) is 0 Å². The Morgan fingerprint density at radius 3 is 2.13 bits per heavy atom. The van der Waals surface area contributed by atoms with Gasteiger partial charge in [0.15, 0.2) is 0 Å². The summed E-state index contributed by atoms with van der Waals surface area (Å²) in [7, 11) is 0. The van der Waals surface area contributed by atoms with Gasteiger partial charge in [-0.05, 0) is 55.5 Å². The molecule has 0 atom stereocenters. The summed E-state index contributed by atoms with van der Waals surface area (Å²) in [5.74, 6) is -1.25. The average molecular weight is 522 g/mol. The highest BCUT2D eigenvalue weighted by atomic mass is 32.2. The maximum absolute atomic E-state index is 12.9. The topological polar surface area (TPSA) is 96.9 Å². The quantitative estimate of drug-likeness (QED) is 0.233. The number of fused-ring (bicyclic) bond motifs is 2. The lowest BCUT2D eigenvalue weighted by atomic mass is 10.0. The van der Waals surface area contributed by atoms with Gasteiger partial charge >= 0.3 is 5.97 Å². The number of carbonyl (C=O) groups is 3. The van der Waals surface area contributed by atoms with E-state index in [1.807, 2.05) is 48.5 Å². The van der Waals surface area contributed by atoms with Gasteiger partial charge < -0.3 is 4.74 Å². The zero-order chi connectivity index (χ0) is 26.5. The smallest absolute Gasteiger partial charge is 0.338 e. The zero-order valence-electron chi connectivity index (χ0n) is 20.4. The molecule has 8 heteroatoms. The first-order valence-corrected chi connectivity index (χ1v) is 12.8. The molecule has 2 amide bonds. The molecule has 4 aromatic rings. The van der Waals surface area contributed by atoms with Crippen LogP contribution in [0.2, 0.25) is 0 Å². The number of hydrazine groups is 1. The first kappa shape index (κ1) is 25.0. The molecule has 7 nitrogen and oxygen atoms in total. The zero-order valence-corrected chi connectivity index (χ0v) is 21.2. The molecular formula is C30H23N3O4S. The van der Waals surface area contributed by atoms with Crippen LogP contribution in [-0.4, -0.2) is 30.1 Å². The summed E-state index contributed by atoms with van der Waals surface area (Å²) in [5, 5.41) is 0. The molecule has 188 valence electrons. The molecule has 1 aliphatic heterocycles.